The third-order valence-electron chi connectivity index (χ3n) is 2.08. The van der Waals surface area contributed by atoms with Crippen LogP contribution in [0, 0.1) is 0 Å². The molecule has 0 fully saturated rings. The number of esters is 2. The van der Waals surface area contributed by atoms with Crippen molar-refractivity contribution in [2.24, 2.45) is 0 Å². The molecule has 0 amide bonds. The summed E-state index contributed by atoms with van der Waals surface area (Å²) in [4.78, 5) is 22.0. The average molecular weight is 282 g/mol. The average Bonchev–Trinajstić information content (AvgIpc) is 2.34. The molecule has 1 rings (SSSR count). The minimum Gasteiger partial charge on any atom is -1.00 e. The van der Waals surface area contributed by atoms with Crippen molar-refractivity contribution in [3.63, 3.8) is 0 Å². The molecule has 19 heavy (non-hydrogen) atoms. The fourth-order valence-electron chi connectivity index (χ4n) is 1.36. The van der Waals surface area contributed by atoms with Crippen LogP contribution in [0.15, 0.2) is 23.1 Å². The van der Waals surface area contributed by atoms with Crippen molar-refractivity contribution >= 4 is 22.1 Å². The Hall–Kier alpha value is -1.33. The number of hydrogen-bond acceptors (Lipinski definition) is 6. The summed E-state index contributed by atoms with van der Waals surface area (Å²) >= 11 is 0. The molecule has 0 saturated heterocycles. The molecule has 1 aromatic rings. The van der Waals surface area contributed by atoms with Crippen LogP contribution in [0.4, 0.5) is 0 Å². The molecule has 9 heteroatoms. The fraction of sp³-hybridized carbons (Fsp3) is 0.200. The minimum atomic E-state index is -4.78. The summed E-state index contributed by atoms with van der Waals surface area (Å²) in [6, 6.07) is 3.50. The molecule has 100 valence electrons. The van der Waals surface area contributed by atoms with Crippen molar-refractivity contribution < 1.29 is 52.3 Å². The molecule has 0 atom stereocenters. The van der Waals surface area contributed by atoms with Crippen molar-refractivity contribution in [3.05, 3.63) is 29.3 Å². The maximum atomic E-state index is 11.4. The van der Waals surface area contributed by atoms with Gasteiger partial charge in [0.05, 0.1) is 25.3 Å². The molecular formula is C10H11LiO7S. The second kappa shape index (κ2) is 6.72. The Labute approximate surface area is 123 Å². The molecule has 0 aromatic heterocycles. The molecule has 0 aliphatic rings. The van der Waals surface area contributed by atoms with Crippen molar-refractivity contribution in [3.8, 4) is 0 Å². The van der Waals surface area contributed by atoms with Crippen molar-refractivity contribution in [2.45, 2.75) is 4.90 Å². The van der Waals surface area contributed by atoms with E-state index in [0.29, 0.717) is 0 Å². The summed E-state index contributed by atoms with van der Waals surface area (Å²) in [5, 5.41) is 0. The van der Waals surface area contributed by atoms with Gasteiger partial charge in [-0.3, -0.25) is 4.55 Å². The maximum Gasteiger partial charge on any atom is 1.00 e. The van der Waals surface area contributed by atoms with Gasteiger partial charge in [-0.1, -0.05) is 6.07 Å². The van der Waals surface area contributed by atoms with Crippen LogP contribution in [0.1, 0.15) is 22.1 Å². The zero-order valence-electron chi connectivity index (χ0n) is 11.5. The smallest absolute Gasteiger partial charge is 1.00 e. The van der Waals surface area contributed by atoms with E-state index in [0.717, 1.165) is 26.4 Å². The van der Waals surface area contributed by atoms with Crippen LogP contribution in [0.5, 0.6) is 0 Å². The molecule has 0 heterocycles. The number of benzene rings is 1. The van der Waals surface area contributed by atoms with Gasteiger partial charge in [-0.15, -0.1) is 0 Å². The molecular weight excluding hydrogens is 271 g/mol. The van der Waals surface area contributed by atoms with Gasteiger partial charge in [0.15, 0.2) is 0 Å². The van der Waals surface area contributed by atoms with Gasteiger partial charge < -0.3 is 10.9 Å². The zero-order valence-corrected chi connectivity index (χ0v) is 11.4. The number of rotatable bonds is 3. The molecule has 0 radical (unpaired) electrons. The molecule has 0 aliphatic heterocycles. The van der Waals surface area contributed by atoms with E-state index >= 15 is 0 Å². The number of carbonyl (C=O) groups excluding carboxylic acids is 2. The first-order chi connectivity index (χ1) is 8.32. The molecule has 0 bridgehead atoms. The molecule has 1 aromatic carbocycles. The predicted molar refractivity (Wildman–Crippen MR) is 60.0 cm³/mol. The van der Waals surface area contributed by atoms with Crippen LogP contribution in [-0.2, 0) is 19.6 Å². The zero-order chi connectivity index (χ0) is 13.9. The van der Waals surface area contributed by atoms with Gasteiger partial charge in [-0.2, -0.15) is 8.42 Å². The summed E-state index contributed by atoms with van der Waals surface area (Å²) in [5.41, 5.74) is -0.884. The van der Waals surface area contributed by atoms with Crippen molar-refractivity contribution in [2.75, 3.05) is 14.2 Å². The molecule has 7 nitrogen and oxygen atoms in total. The number of hydrogen-bond donors (Lipinski definition) is 1. The second-order valence-electron chi connectivity index (χ2n) is 3.14. The molecule has 1 N–H and O–H groups in total. The number of carbonyl (C=O) groups is 2. The van der Waals surface area contributed by atoms with Crippen LogP contribution in [0.3, 0.4) is 0 Å². The Kier molecular flexibility index (Phi) is 6.25. The summed E-state index contributed by atoms with van der Waals surface area (Å²) in [6.45, 7) is 0. The van der Waals surface area contributed by atoms with Crippen LogP contribution in [0.2, 0.25) is 0 Å². The first-order valence-electron chi connectivity index (χ1n) is 4.60. The van der Waals surface area contributed by atoms with Gasteiger partial charge in [-0.25, -0.2) is 9.59 Å². The Morgan fingerprint density at radius 1 is 1.11 bits per heavy atom. The van der Waals surface area contributed by atoms with Gasteiger partial charge in [-0.05, 0) is 12.1 Å². The minimum absolute atomic E-state index is 0. The molecule has 0 unspecified atom stereocenters. The van der Waals surface area contributed by atoms with Crippen LogP contribution in [0.25, 0.3) is 0 Å². The molecule has 0 aliphatic carbocycles. The van der Waals surface area contributed by atoms with Crippen molar-refractivity contribution in [1.82, 2.24) is 0 Å². The molecule has 0 spiro atoms. The molecule has 0 saturated carbocycles. The van der Waals surface area contributed by atoms with E-state index in [-0.39, 0.29) is 20.3 Å². The van der Waals surface area contributed by atoms with Crippen molar-refractivity contribution in [1.29, 1.82) is 0 Å². The van der Waals surface area contributed by atoms with Gasteiger partial charge >= 0.3 is 30.8 Å². The number of methoxy groups -OCH3 is 2. The van der Waals surface area contributed by atoms with E-state index < -0.39 is 38.1 Å². The Balaban J connectivity index is 0. The van der Waals surface area contributed by atoms with Gasteiger partial charge in [0.2, 0.25) is 0 Å². The van der Waals surface area contributed by atoms with E-state index in [4.69, 9.17) is 4.55 Å². The SMILES string of the molecule is COC(=O)c1cccc(C(=O)OC)c1S(=O)(=O)O.[H-].[Li+]. The van der Waals surface area contributed by atoms with Gasteiger partial charge in [0.25, 0.3) is 10.1 Å². The van der Waals surface area contributed by atoms with Crippen LogP contribution < -0.4 is 18.9 Å². The van der Waals surface area contributed by atoms with Gasteiger partial charge in [0.1, 0.15) is 4.90 Å². The first kappa shape index (κ1) is 17.7. The third kappa shape index (κ3) is 3.81. The van der Waals surface area contributed by atoms with Crippen LogP contribution in [-0.4, -0.2) is 39.1 Å². The normalized spacial score (nSPS) is 10.3. The fourth-order valence-corrected chi connectivity index (χ4v) is 2.21. The Bertz CT molecular complexity index is 565. The van der Waals surface area contributed by atoms with E-state index in [1.807, 2.05) is 0 Å². The van der Waals surface area contributed by atoms with E-state index in [1.165, 1.54) is 6.07 Å². The first-order valence-corrected chi connectivity index (χ1v) is 6.04. The summed E-state index contributed by atoms with van der Waals surface area (Å²) in [6.07, 6.45) is 0. The maximum absolute atomic E-state index is 11.4. The number of ether oxygens (including phenoxy) is 2. The van der Waals surface area contributed by atoms with E-state index in [2.05, 4.69) is 9.47 Å². The summed E-state index contributed by atoms with van der Waals surface area (Å²) < 4.78 is 40.4. The van der Waals surface area contributed by atoms with E-state index in [9.17, 15) is 18.0 Å². The Morgan fingerprint density at radius 3 is 1.74 bits per heavy atom. The third-order valence-corrected chi connectivity index (χ3v) is 3.04. The van der Waals surface area contributed by atoms with Crippen LogP contribution >= 0.6 is 0 Å². The standard InChI is InChI=1S/C10H10O7S.Li.H/c1-16-9(11)6-4-3-5-7(10(12)17-2)8(6)18(13,14)15;;/h3-5H,1-2H3,(H,13,14,15);;/q;+1;-1. The summed E-state index contributed by atoms with van der Waals surface area (Å²) in [7, 11) is -2.69. The van der Waals surface area contributed by atoms with E-state index in [1.54, 1.807) is 0 Å². The monoisotopic (exact) mass is 282 g/mol. The summed E-state index contributed by atoms with van der Waals surface area (Å²) in [5.74, 6) is -1.98. The second-order valence-corrected chi connectivity index (χ2v) is 4.50. The predicted octanol–water partition coefficient (Wildman–Crippen LogP) is -2.38. The largest absolute Gasteiger partial charge is 1.00 e. The topological polar surface area (TPSA) is 107 Å². The quantitative estimate of drug-likeness (QED) is 0.375. The Morgan fingerprint density at radius 2 is 1.47 bits per heavy atom. The van der Waals surface area contributed by atoms with Gasteiger partial charge in [0, 0.05) is 0 Å².